The lowest BCUT2D eigenvalue weighted by atomic mass is 9.97. The van der Waals surface area contributed by atoms with Gasteiger partial charge in [-0.15, -0.1) is 0 Å². The summed E-state index contributed by atoms with van der Waals surface area (Å²) in [5.41, 5.74) is 2.89. The maximum Gasteiger partial charge on any atom is 0.248 e. The highest BCUT2D eigenvalue weighted by Gasteiger charge is 2.29. The van der Waals surface area contributed by atoms with Gasteiger partial charge >= 0.3 is 0 Å². The van der Waals surface area contributed by atoms with E-state index in [2.05, 4.69) is 19.9 Å². The van der Waals surface area contributed by atoms with Gasteiger partial charge in [0.2, 0.25) is 5.92 Å². The summed E-state index contributed by atoms with van der Waals surface area (Å²) in [6.45, 7) is 9.95. The Kier molecular flexibility index (Phi) is 13.0. The maximum absolute atomic E-state index is 13.0. The number of unbranched alkanes of at least 4 members (excludes halogenated alkanes) is 1. The summed E-state index contributed by atoms with van der Waals surface area (Å²) in [5, 5.41) is 0. The molecule has 1 fully saturated rings. The summed E-state index contributed by atoms with van der Waals surface area (Å²) in [4.78, 5) is 0. The fraction of sp³-hybridized carbons (Fsp3) is 0.652. The monoisotopic (exact) mass is 368 g/mol. The number of rotatable bonds is 7. The summed E-state index contributed by atoms with van der Waals surface area (Å²) in [7, 11) is 1.67. The zero-order valence-corrected chi connectivity index (χ0v) is 17.6. The number of allylic oxidation sites excluding steroid dienone is 2. The van der Waals surface area contributed by atoms with Crippen LogP contribution < -0.4 is 4.74 Å². The molecule has 0 aromatic heterocycles. The molecule has 150 valence electrons. The maximum atomic E-state index is 13.0. The Balaban J connectivity index is 0.000000388. The van der Waals surface area contributed by atoms with Crippen LogP contribution in [0.25, 0.3) is 0 Å². The zero-order chi connectivity index (χ0) is 20.0. The van der Waals surface area contributed by atoms with Gasteiger partial charge in [0.05, 0.1) is 7.11 Å². The molecule has 3 heteroatoms. The molecule has 0 N–H and O–H groups in total. The second-order valence-corrected chi connectivity index (χ2v) is 7.14. The third kappa shape index (κ3) is 13.9. The van der Waals surface area contributed by atoms with Crippen LogP contribution in [0.3, 0.4) is 0 Å². The number of alkyl halides is 2. The molecule has 1 aliphatic carbocycles. The van der Waals surface area contributed by atoms with Gasteiger partial charge in [0.15, 0.2) is 0 Å². The lowest BCUT2D eigenvalue weighted by Gasteiger charge is -2.19. The molecule has 0 amide bonds. The van der Waals surface area contributed by atoms with Crippen molar-refractivity contribution in [2.75, 3.05) is 7.11 Å². The highest BCUT2D eigenvalue weighted by molar-refractivity contribution is 5.25. The lowest BCUT2D eigenvalue weighted by Crippen LogP contribution is -2.19. The minimum Gasteiger partial charge on any atom is -0.497 e. The summed E-state index contributed by atoms with van der Waals surface area (Å²) < 4.78 is 31.1. The van der Waals surface area contributed by atoms with Gasteiger partial charge in [-0.3, -0.25) is 0 Å². The first kappa shape index (κ1) is 24.6. The predicted octanol–water partition coefficient (Wildman–Crippen LogP) is 7.98. The molecule has 1 nitrogen and oxygen atoms in total. The Morgan fingerprint density at radius 3 is 2.08 bits per heavy atom. The summed E-state index contributed by atoms with van der Waals surface area (Å²) in [5.74, 6) is -1.36. The number of hydrogen-bond donors (Lipinski definition) is 0. The third-order valence-electron chi connectivity index (χ3n) is 4.44. The minimum atomic E-state index is -2.43. The van der Waals surface area contributed by atoms with E-state index in [9.17, 15) is 8.78 Å². The Morgan fingerprint density at radius 2 is 1.73 bits per heavy atom. The molecule has 1 saturated carbocycles. The molecule has 0 aliphatic heterocycles. The van der Waals surface area contributed by atoms with E-state index in [1.807, 2.05) is 45.0 Å². The van der Waals surface area contributed by atoms with Gasteiger partial charge < -0.3 is 4.74 Å². The van der Waals surface area contributed by atoms with Crippen molar-refractivity contribution in [1.82, 2.24) is 0 Å². The van der Waals surface area contributed by atoms with Crippen LogP contribution in [-0.4, -0.2) is 13.0 Å². The van der Waals surface area contributed by atoms with Gasteiger partial charge in [0, 0.05) is 12.8 Å². The van der Waals surface area contributed by atoms with Crippen molar-refractivity contribution in [3.63, 3.8) is 0 Å². The first-order chi connectivity index (χ1) is 12.3. The van der Waals surface area contributed by atoms with Crippen molar-refractivity contribution >= 4 is 0 Å². The normalized spacial score (nSPS) is 13.6. The molecule has 2 rings (SSSR count). The van der Waals surface area contributed by atoms with E-state index in [1.165, 1.54) is 18.4 Å². The van der Waals surface area contributed by atoms with Crippen LogP contribution in [-0.2, 0) is 0 Å². The van der Waals surface area contributed by atoms with Gasteiger partial charge in [-0.05, 0) is 51.2 Å². The minimum absolute atomic E-state index is 0.0590. The fourth-order valence-corrected chi connectivity index (χ4v) is 2.23. The number of benzene rings is 1. The number of halogens is 2. The second-order valence-electron chi connectivity index (χ2n) is 7.14. The largest absolute Gasteiger partial charge is 0.497 e. The number of hydrogen-bond acceptors (Lipinski definition) is 1. The van der Waals surface area contributed by atoms with E-state index < -0.39 is 5.92 Å². The predicted molar refractivity (Wildman–Crippen MR) is 109 cm³/mol. The highest BCUT2D eigenvalue weighted by atomic mass is 19.3. The van der Waals surface area contributed by atoms with Crippen LogP contribution in [0.2, 0.25) is 0 Å². The SMILES string of the molecule is CC=C1CC1.CCCCC(F)(F)CC(C)CC.COc1ccc(C)cc1. The van der Waals surface area contributed by atoms with E-state index in [1.54, 1.807) is 12.7 Å². The Hall–Kier alpha value is -1.38. The van der Waals surface area contributed by atoms with Gasteiger partial charge in [-0.25, -0.2) is 8.78 Å². The second kappa shape index (κ2) is 13.8. The first-order valence-corrected chi connectivity index (χ1v) is 9.90. The zero-order valence-electron chi connectivity index (χ0n) is 17.6. The van der Waals surface area contributed by atoms with E-state index in [4.69, 9.17) is 4.74 Å². The molecule has 0 heterocycles. The van der Waals surface area contributed by atoms with Crippen molar-refractivity contribution in [3.05, 3.63) is 41.5 Å². The Morgan fingerprint density at radius 1 is 1.15 bits per heavy atom. The molecule has 1 aliphatic rings. The summed E-state index contributed by atoms with van der Waals surface area (Å²) >= 11 is 0. The van der Waals surface area contributed by atoms with E-state index >= 15 is 0 Å². The topological polar surface area (TPSA) is 9.23 Å². The number of aryl methyl sites for hydroxylation is 1. The average Bonchev–Trinajstić information content (AvgIpc) is 3.46. The summed E-state index contributed by atoms with van der Waals surface area (Å²) in [6, 6.07) is 7.96. The van der Waals surface area contributed by atoms with Crippen LogP contribution in [0.4, 0.5) is 8.78 Å². The molecular weight excluding hydrogens is 330 g/mol. The molecule has 0 bridgehead atoms. The molecular formula is C23H38F2O. The van der Waals surface area contributed by atoms with E-state index in [0.717, 1.165) is 18.6 Å². The Labute approximate surface area is 159 Å². The van der Waals surface area contributed by atoms with E-state index in [-0.39, 0.29) is 18.8 Å². The molecule has 1 aromatic rings. The third-order valence-corrected chi connectivity index (χ3v) is 4.44. The van der Waals surface area contributed by atoms with Crippen LogP contribution in [0, 0.1) is 12.8 Å². The molecule has 0 saturated heterocycles. The molecule has 1 unspecified atom stereocenters. The van der Waals surface area contributed by atoms with Crippen LogP contribution in [0.5, 0.6) is 5.75 Å². The Bertz CT molecular complexity index is 485. The number of methoxy groups -OCH3 is 1. The lowest BCUT2D eigenvalue weighted by molar-refractivity contribution is -0.0310. The molecule has 26 heavy (non-hydrogen) atoms. The summed E-state index contributed by atoms with van der Waals surface area (Å²) in [6.07, 6.45) is 7.41. The van der Waals surface area contributed by atoms with Crippen molar-refractivity contribution in [1.29, 1.82) is 0 Å². The smallest absolute Gasteiger partial charge is 0.248 e. The quantitative estimate of drug-likeness (QED) is 0.443. The molecule has 0 radical (unpaired) electrons. The van der Waals surface area contributed by atoms with Gasteiger partial charge in [-0.1, -0.05) is 63.0 Å². The van der Waals surface area contributed by atoms with Crippen LogP contribution in [0.15, 0.2) is 35.9 Å². The first-order valence-electron chi connectivity index (χ1n) is 9.90. The average molecular weight is 369 g/mol. The van der Waals surface area contributed by atoms with Crippen LogP contribution >= 0.6 is 0 Å². The molecule has 1 atom stereocenters. The van der Waals surface area contributed by atoms with Gasteiger partial charge in [0.25, 0.3) is 0 Å². The number of ether oxygens (including phenoxy) is 1. The standard InChI is InChI=1S/C10H20F2.C8H10O.C5H8/c1-4-6-7-10(11,12)8-9(3)5-2;1-7-3-5-8(9-2)6-4-7;1-2-5-3-4-5/h9H,4-8H2,1-3H3;3-6H,1-2H3;2H,3-4H2,1H3. The van der Waals surface area contributed by atoms with Crippen molar-refractivity contribution < 1.29 is 13.5 Å². The van der Waals surface area contributed by atoms with Crippen LogP contribution in [0.1, 0.15) is 78.2 Å². The van der Waals surface area contributed by atoms with Crippen molar-refractivity contribution in [2.24, 2.45) is 5.92 Å². The molecule has 0 spiro atoms. The molecule has 1 aromatic carbocycles. The van der Waals surface area contributed by atoms with E-state index in [0.29, 0.717) is 6.42 Å². The van der Waals surface area contributed by atoms with Crippen molar-refractivity contribution in [2.45, 2.75) is 85.5 Å². The van der Waals surface area contributed by atoms with Crippen molar-refractivity contribution in [3.8, 4) is 5.75 Å². The fourth-order valence-electron chi connectivity index (χ4n) is 2.23. The van der Waals surface area contributed by atoms with Gasteiger partial charge in [-0.2, -0.15) is 0 Å². The van der Waals surface area contributed by atoms with Gasteiger partial charge in [0.1, 0.15) is 5.75 Å². The highest BCUT2D eigenvalue weighted by Crippen LogP contribution is 2.30.